The third kappa shape index (κ3) is 3.63. The van der Waals surface area contributed by atoms with Crippen molar-refractivity contribution in [3.8, 4) is 0 Å². The molecule has 3 aromatic rings. The Morgan fingerprint density at radius 3 is 2.72 bits per heavy atom. The van der Waals surface area contributed by atoms with Gasteiger partial charge in [0, 0.05) is 17.6 Å². The zero-order chi connectivity index (χ0) is 22.5. The molecular weight excluding hydrogens is 442 g/mol. The van der Waals surface area contributed by atoms with Crippen molar-refractivity contribution >= 4 is 45.0 Å². The number of aromatic nitrogens is 1. The second-order valence-electron chi connectivity index (χ2n) is 9.42. The van der Waals surface area contributed by atoms with E-state index in [4.69, 9.17) is 11.6 Å². The third-order valence-corrected chi connectivity index (χ3v) is 8.32. The molecule has 0 bridgehead atoms. The van der Waals surface area contributed by atoms with Crippen LogP contribution in [0.4, 0.5) is 0 Å². The number of hydrogen-bond acceptors (Lipinski definition) is 3. The molecule has 1 aliphatic heterocycles. The first kappa shape index (κ1) is 21.5. The SMILES string of the molecule is C[C@@H]1CCCC[C@H]1NC(=O)[C@]1(C)Cn2c(cc3sccc32)C(=O)N1Cc1ccc(Cl)cc1. The van der Waals surface area contributed by atoms with E-state index in [0.717, 1.165) is 35.0 Å². The van der Waals surface area contributed by atoms with Gasteiger partial charge in [-0.1, -0.05) is 43.5 Å². The number of rotatable bonds is 4. The molecule has 7 heteroatoms. The molecule has 2 amide bonds. The van der Waals surface area contributed by atoms with Gasteiger partial charge in [0.25, 0.3) is 5.91 Å². The number of hydrogen-bond donors (Lipinski definition) is 1. The first-order chi connectivity index (χ1) is 15.4. The van der Waals surface area contributed by atoms with Gasteiger partial charge in [-0.25, -0.2) is 0 Å². The number of fused-ring (bicyclic) bond motifs is 3. The van der Waals surface area contributed by atoms with Crippen LogP contribution in [0.5, 0.6) is 0 Å². The Bertz CT molecular complexity index is 1170. The minimum Gasteiger partial charge on any atom is -0.351 e. The van der Waals surface area contributed by atoms with E-state index in [-0.39, 0.29) is 17.9 Å². The largest absolute Gasteiger partial charge is 0.351 e. The van der Waals surface area contributed by atoms with Crippen LogP contribution in [0.15, 0.2) is 41.8 Å². The highest BCUT2D eigenvalue weighted by Crippen LogP contribution is 2.36. The Morgan fingerprint density at radius 2 is 1.97 bits per heavy atom. The van der Waals surface area contributed by atoms with Gasteiger partial charge in [0.05, 0.1) is 16.8 Å². The molecule has 0 saturated heterocycles. The van der Waals surface area contributed by atoms with Crippen molar-refractivity contribution in [1.29, 1.82) is 0 Å². The molecule has 0 unspecified atom stereocenters. The Balaban J connectivity index is 1.52. The monoisotopic (exact) mass is 469 g/mol. The summed E-state index contributed by atoms with van der Waals surface area (Å²) in [6.07, 6.45) is 4.48. The second-order valence-corrected chi connectivity index (χ2v) is 10.8. The van der Waals surface area contributed by atoms with Crippen molar-refractivity contribution in [2.75, 3.05) is 0 Å². The fourth-order valence-corrected chi connectivity index (χ4v) is 6.10. The van der Waals surface area contributed by atoms with Gasteiger partial charge in [0.15, 0.2) is 0 Å². The second kappa shape index (κ2) is 8.23. The molecule has 5 nitrogen and oxygen atoms in total. The van der Waals surface area contributed by atoms with Crippen molar-refractivity contribution in [3.05, 3.63) is 58.1 Å². The van der Waals surface area contributed by atoms with Crippen LogP contribution in [0.3, 0.4) is 0 Å². The molecule has 1 N–H and O–H groups in total. The molecule has 0 spiro atoms. The molecule has 5 rings (SSSR count). The molecule has 0 radical (unpaired) electrons. The topological polar surface area (TPSA) is 54.3 Å². The first-order valence-electron chi connectivity index (χ1n) is 11.3. The highest BCUT2D eigenvalue weighted by molar-refractivity contribution is 7.17. The average Bonchev–Trinajstić information content (AvgIpc) is 3.36. The lowest BCUT2D eigenvalue weighted by Gasteiger charge is -2.45. The zero-order valence-corrected chi connectivity index (χ0v) is 20.0. The van der Waals surface area contributed by atoms with Gasteiger partial charge in [-0.15, -0.1) is 11.3 Å². The summed E-state index contributed by atoms with van der Waals surface area (Å²) in [4.78, 5) is 29.3. The number of benzene rings is 1. The Kier molecular flexibility index (Phi) is 5.54. The number of carbonyl (C=O) groups is 2. The molecule has 3 atom stereocenters. The number of amides is 2. The van der Waals surface area contributed by atoms with E-state index >= 15 is 0 Å². The van der Waals surface area contributed by atoms with Gasteiger partial charge >= 0.3 is 0 Å². The van der Waals surface area contributed by atoms with Crippen LogP contribution in [0.25, 0.3) is 10.2 Å². The van der Waals surface area contributed by atoms with E-state index in [9.17, 15) is 9.59 Å². The summed E-state index contributed by atoms with van der Waals surface area (Å²) < 4.78 is 3.10. The Hall–Kier alpha value is -2.31. The number of thiophene rings is 1. The van der Waals surface area contributed by atoms with E-state index < -0.39 is 5.54 Å². The number of nitrogens with zero attached hydrogens (tertiary/aromatic N) is 2. The van der Waals surface area contributed by atoms with E-state index in [0.29, 0.717) is 29.7 Å². The standard InChI is InChI=1S/C25H28ClN3O2S/c1-16-5-3-4-6-19(16)27-24(31)25(2)15-28-20-11-12-32-22(20)13-21(28)23(30)29(25)14-17-7-9-18(26)10-8-17/h7-13,16,19H,3-6,14-15H2,1-2H3,(H,27,31)/t16-,19-,25+/m1/s1. The minimum atomic E-state index is -0.991. The van der Waals surface area contributed by atoms with Gasteiger partial charge in [-0.3, -0.25) is 9.59 Å². The van der Waals surface area contributed by atoms with Crippen LogP contribution in [-0.2, 0) is 17.9 Å². The van der Waals surface area contributed by atoms with Gasteiger partial charge in [-0.2, -0.15) is 0 Å². The molecule has 1 fully saturated rings. The highest BCUT2D eigenvalue weighted by Gasteiger charge is 2.48. The number of carbonyl (C=O) groups excluding carboxylic acids is 2. The van der Waals surface area contributed by atoms with Crippen molar-refractivity contribution in [1.82, 2.24) is 14.8 Å². The molecule has 2 aromatic heterocycles. The maximum atomic E-state index is 13.8. The summed E-state index contributed by atoms with van der Waals surface area (Å²) in [5, 5.41) is 6.01. The van der Waals surface area contributed by atoms with Crippen LogP contribution >= 0.6 is 22.9 Å². The normalized spacial score (nSPS) is 25.7. The van der Waals surface area contributed by atoms with E-state index in [1.165, 1.54) is 6.42 Å². The van der Waals surface area contributed by atoms with Crippen LogP contribution < -0.4 is 5.32 Å². The lowest BCUT2D eigenvalue weighted by Crippen LogP contribution is -2.65. The smallest absolute Gasteiger partial charge is 0.271 e. The predicted molar refractivity (Wildman–Crippen MR) is 129 cm³/mol. The number of halogens is 1. The summed E-state index contributed by atoms with van der Waals surface area (Å²) in [6.45, 7) is 4.92. The summed E-state index contributed by atoms with van der Waals surface area (Å²) in [6, 6.07) is 11.6. The quantitative estimate of drug-likeness (QED) is 0.551. The maximum Gasteiger partial charge on any atom is 0.271 e. The maximum absolute atomic E-state index is 13.8. The van der Waals surface area contributed by atoms with Crippen LogP contribution in [0, 0.1) is 5.92 Å². The van der Waals surface area contributed by atoms with Gasteiger partial charge in [0.1, 0.15) is 11.2 Å². The van der Waals surface area contributed by atoms with Crippen molar-refractivity contribution < 1.29 is 9.59 Å². The molecule has 2 aliphatic rings. The van der Waals surface area contributed by atoms with Crippen LogP contribution in [0.1, 0.15) is 55.6 Å². The predicted octanol–water partition coefficient (Wildman–Crippen LogP) is 5.47. The van der Waals surface area contributed by atoms with Gasteiger partial charge < -0.3 is 14.8 Å². The molecule has 1 aliphatic carbocycles. The molecule has 1 saturated carbocycles. The van der Waals surface area contributed by atoms with E-state index in [1.807, 2.05) is 53.3 Å². The van der Waals surface area contributed by atoms with E-state index in [2.05, 4.69) is 12.2 Å². The van der Waals surface area contributed by atoms with Crippen LogP contribution in [-0.4, -0.2) is 32.9 Å². The van der Waals surface area contributed by atoms with Crippen LogP contribution in [0.2, 0.25) is 5.02 Å². The first-order valence-corrected chi connectivity index (χ1v) is 12.6. The Labute approximate surface area is 197 Å². The summed E-state index contributed by atoms with van der Waals surface area (Å²) >= 11 is 7.68. The molecule has 168 valence electrons. The molecule has 1 aromatic carbocycles. The highest BCUT2D eigenvalue weighted by atomic mass is 35.5. The van der Waals surface area contributed by atoms with Crippen molar-refractivity contribution in [3.63, 3.8) is 0 Å². The Morgan fingerprint density at radius 1 is 1.22 bits per heavy atom. The van der Waals surface area contributed by atoms with E-state index in [1.54, 1.807) is 16.2 Å². The molecule has 3 heterocycles. The lowest BCUT2D eigenvalue weighted by atomic mass is 9.85. The van der Waals surface area contributed by atoms with Crippen molar-refractivity contribution in [2.24, 2.45) is 5.92 Å². The summed E-state index contributed by atoms with van der Waals surface area (Å²) in [5.41, 5.74) is 1.63. The lowest BCUT2D eigenvalue weighted by molar-refractivity contribution is -0.134. The average molecular weight is 470 g/mol. The van der Waals surface area contributed by atoms with Crippen molar-refractivity contribution in [2.45, 2.75) is 64.2 Å². The summed E-state index contributed by atoms with van der Waals surface area (Å²) in [7, 11) is 0. The van der Waals surface area contributed by atoms with Gasteiger partial charge in [-0.05, 0) is 60.9 Å². The zero-order valence-electron chi connectivity index (χ0n) is 18.4. The minimum absolute atomic E-state index is 0.0682. The number of nitrogens with one attached hydrogen (secondary N) is 1. The van der Waals surface area contributed by atoms with Gasteiger partial charge in [0.2, 0.25) is 5.91 Å². The fraction of sp³-hybridized carbons (Fsp3) is 0.440. The summed E-state index contributed by atoms with van der Waals surface area (Å²) in [5.74, 6) is 0.274. The fourth-order valence-electron chi connectivity index (χ4n) is 5.15. The molecule has 32 heavy (non-hydrogen) atoms. The molecular formula is C25H28ClN3O2S. The third-order valence-electron chi connectivity index (χ3n) is 7.22.